The first-order valence-electron chi connectivity index (χ1n) is 3.00. The van der Waals surface area contributed by atoms with Crippen LogP contribution in [0.2, 0.25) is 0 Å². The van der Waals surface area contributed by atoms with E-state index in [1.165, 1.54) is 33.7 Å². The Kier molecular flexibility index (Phi) is 19.4. The van der Waals surface area contributed by atoms with Crippen molar-refractivity contribution >= 4 is 41.4 Å². The van der Waals surface area contributed by atoms with Gasteiger partial charge in [0.15, 0.2) is 0 Å². The van der Waals surface area contributed by atoms with Crippen molar-refractivity contribution in [1.29, 1.82) is 0 Å². The van der Waals surface area contributed by atoms with E-state index in [-0.39, 0.29) is 35.6 Å². The van der Waals surface area contributed by atoms with Gasteiger partial charge in [-0.1, -0.05) is 0 Å². The molecule has 0 heterocycles. The molecule has 0 unspecified atom stereocenters. The van der Waals surface area contributed by atoms with Crippen molar-refractivity contribution in [2.75, 3.05) is 0 Å². The maximum absolute atomic E-state index is 2.25. The van der Waals surface area contributed by atoms with Crippen molar-refractivity contribution in [2.24, 2.45) is 0 Å². The summed E-state index contributed by atoms with van der Waals surface area (Å²) in [4.78, 5) is 0. The van der Waals surface area contributed by atoms with Crippen LogP contribution < -0.4 is 0 Å². The normalized spacial score (nSPS) is 5.50. The second kappa shape index (κ2) is 12.0. The summed E-state index contributed by atoms with van der Waals surface area (Å²) >= 11 is 2.19. The molecule has 0 spiro atoms. The predicted octanol–water partition coefficient (Wildman–Crippen LogP) is -4.16. The van der Waals surface area contributed by atoms with Crippen molar-refractivity contribution in [1.82, 2.24) is 0 Å². The fraction of sp³-hybridized carbons (Fsp3) is 0. The molecule has 1 radical (unpaired) electrons. The van der Waals surface area contributed by atoms with Crippen LogP contribution in [0, 0.1) is 35.6 Å². The second-order valence-electron chi connectivity index (χ2n) is 1.76. The van der Waals surface area contributed by atoms with E-state index in [9.17, 15) is 0 Å². The third-order valence-corrected chi connectivity index (χ3v) is 1.71. The molecular formula is H7B6LaMo. The summed E-state index contributed by atoms with van der Waals surface area (Å²) in [6.07, 6.45) is 0. The number of hydrogen-bond acceptors (Lipinski definition) is 0. The van der Waals surface area contributed by atoms with Crippen LogP contribution >= 0.6 is 0 Å². The summed E-state index contributed by atoms with van der Waals surface area (Å²) in [5.41, 5.74) is 1.37. The zero-order valence-corrected chi connectivity index (χ0v) is 11.2. The minimum atomic E-state index is 0. The quantitative estimate of drug-likeness (QED) is 0.365. The summed E-state index contributed by atoms with van der Waals surface area (Å²) in [5.74, 6) is 0. The first-order valence-corrected chi connectivity index (χ1v) is 4.41. The molecule has 0 aliphatic heterocycles. The summed E-state index contributed by atoms with van der Waals surface area (Å²) in [6.45, 7) is 0. The van der Waals surface area contributed by atoms with Gasteiger partial charge in [0, 0.05) is 35.6 Å². The van der Waals surface area contributed by atoms with Crippen LogP contribution in [0.5, 0.6) is 0 Å². The third kappa shape index (κ3) is 11.1. The SMILES string of the molecule is BBBBB[BH][Mo].[La]. The van der Waals surface area contributed by atoms with Crippen molar-refractivity contribution in [3.8, 4) is 0 Å². The minimum Gasteiger partial charge on any atom is 0 e. The van der Waals surface area contributed by atoms with E-state index < -0.39 is 0 Å². The molecule has 8 heavy (non-hydrogen) atoms. The topological polar surface area (TPSA) is 0 Å². The van der Waals surface area contributed by atoms with Gasteiger partial charge in [0.1, 0.15) is 0 Å². The molecule has 0 aromatic rings. The van der Waals surface area contributed by atoms with E-state index in [1.54, 1.807) is 0 Å². The van der Waals surface area contributed by atoms with Crippen LogP contribution in [0.3, 0.4) is 0 Å². The first-order chi connectivity index (χ1) is 3.41. The van der Waals surface area contributed by atoms with Crippen molar-refractivity contribution in [3.63, 3.8) is 0 Å². The first kappa shape index (κ1) is 12.9. The average molecular weight is 307 g/mol. The average Bonchev–Trinajstić information content (AvgIpc) is 1.69. The van der Waals surface area contributed by atoms with Gasteiger partial charge < -0.3 is 0 Å². The zero-order valence-electron chi connectivity index (χ0n) is 5.52. The monoisotopic (exact) mass is 310 g/mol. The minimum absolute atomic E-state index is 0. The largest absolute Gasteiger partial charge is 0 e. The van der Waals surface area contributed by atoms with Crippen LogP contribution in [0.25, 0.3) is 0 Å². The molecule has 0 saturated heterocycles. The van der Waals surface area contributed by atoms with E-state index in [0.717, 1.165) is 0 Å². The molecule has 0 rings (SSSR count). The molecule has 0 aromatic heterocycles. The summed E-state index contributed by atoms with van der Waals surface area (Å²) < 4.78 is 0. The van der Waals surface area contributed by atoms with Gasteiger partial charge in [0.2, 0.25) is 0 Å². The Morgan fingerprint density at radius 1 is 1.12 bits per heavy atom. The maximum atomic E-state index is 2.25. The molecule has 0 nitrogen and oxygen atoms in total. The number of rotatable bonds is 4. The van der Waals surface area contributed by atoms with Gasteiger partial charge >= 0.3 is 61.0 Å². The van der Waals surface area contributed by atoms with Gasteiger partial charge in [-0.25, -0.2) is 0 Å². The standard InChI is InChI=1S/B6H7.La.Mo/c1-3-5-6-4-2;;/h1,3-6H,2H2;;/q+1;;-1. The fourth-order valence-corrected chi connectivity index (χ4v) is 1.03. The van der Waals surface area contributed by atoms with Crippen LogP contribution in [0.15, 0.2) is 0 Å². The van der Waals surface area contributed by atoms with E-state index in [4.69, 9.17) is 0 Å². The number of hydrogen-bond donors (Lipinski definition) is 0. The van der Waals surface area contributed by atoms with Gasteiger partial charge in [-0.3, -0.25) is 0 Å². The molecule has 0 aliphatic carbocycles. The van der Waals surface area contributed by atoms with Crippen LogP contribution in [0.4, 0.5) is 0 Å². The Labute approximate surface area is 95.3 Å². The molecule has 34 valence electrons. The van der Waals surface area contributed by atoms with E-state index in [2.05, 4.69) is 27.4 Å². The Hall–Kier alpha value is 2.27. The maximum Gasteiger partial charge on any atom is 0 e. The molecular weight excluding hydrogens is 300 g/mol. The molecule has 0 fully saturated rings. The van der Waals surface area contributed by atoms with Gasteiger partial charge in [-0.2, -0.15) is 0 Å². The smallest absolute Gasteiger partial charge is 0 e. The Morgan fingerprint density at radius 3 is 2.12 bits per heavy atom. The van der Waals surface area contributed by atoms with E-state index in [1.807, 2.05) is 0 Å². The molecule has 0 amide bonds. The Morgan fingerprint density at radius 2 is 1.75 bits per heavy atom. The second-order valence-corrected chi connectivity index (χ2v) is 2.77. The van der Waals surface area contributed by atoms with Gasteiger partial charge in [0.05, 0.1) is 0 Å². The molecule has 0 aromatic carbocycles. The fourth-order valence-electron chi connectivity index (χ4n) is 0.529. The van der Waals surface area contributed by atoms with Gasteiger partial charge in [-0.05, 0) is 0 Å². The summed E-state index contributed by atoms with van der Waals surface area (Å²) in [5, 5.41) is 0. The van der Waals surface area contributed by atoms with Gasteiger partial charge in [0.25, 0.3) is 0 Å². The molecule has 0 atom stereocenters. The Bertz CT molecular complexity index is 27.7. The van der Waals surface area contributed by atoms with E-state index >= 15 is 0 Å². The molecule has 8 heteroatoms. The van der Waals surface area contributed by atoms with Crippen LogP contribution in [0.1, 0.15) is 0 Å². The van der Waals surface area contributed by atoms with E-state index in [0.29, 0.717) is 0 Å². The van der Waals surface area contributed by atoms with Crippen LogP contribution in [-0.4, -0.2) is 41.4 Å². The molecule has 0 N–H and O–H groups in total. The third-order valence-electron chi connectivity index (χ3n) is 0.998. The molecule has 0 saturated carbocycles. The van der Waals surface area contributed by atoms with Crippen LogP contribution in [-0.2, 0) is 19.6 Å². The zero-order chi connectivity index (χ0) is 5.54. The molecule has 0 bridgehead atoms. The Balaban J connectivity index is 0. The van der Waals surface area contributed by atoms with Gasteiger partial charge in [-0.15, -0.1) is 0 Å². The van der Waals surface area contributed by atoms with Crippen molar-refractivity contribution in [3.05, 3.63) is 0 Å². The summed E-state index contributed by atoms with van der Waals surface area (Å²) in [7, 11) is 7.90. The summed E-state index contributed by atoms with van der Waals surface area (Å²) in [6, 6.07) is 0. The molecule has 0 aliphatic rings. The van der Waals surface area contributed by atoms with Crippen molar-refractivity contribution in [2.45, 2.75) is 0 Å². The van der Waals surface area contributed by atoms with Crippen molar-refractivity contribution < 1.29 is 55.2 Å². The predicted molar refractivity (Wildman–Crippen MR) is 44.3 cm³/mol.